The summed E-state index contributed by atoms with van der Waals surface area (Å²) >= 11 is 0. The first-order valence-corrected chi connectivity index (χ1v) is 19.3. The number of likely N-dealkylation sites (N-methyl/N-ethyl adjacent to an activating group) is 1. The Kier molecular flexibility index (Phi) is 15.0. The van der Waals surface area contributed by atoms with Crippen molar-refractivity contribution in [3.8, 4) is 0 Å². The third kappa shape index (κ3) is 11.1. The van der Waals surface area contributed by atoms with E-state index in [4.69, 9.17) is 10.5 Å². The number of amides is 6. The fraction of sp³-hybridized carbons (Fsp3) is 0.350. The molecule has 8 atom stereocenters. The maximum atomic E-state index is 14.0. The largest absolute Gasteiger partial charge is 0.480 e. The predicted molar refractivity (Wildman–Crippen MR) is 220 cm³/mol. The number of nitrogens with one attached hydrogen (secondary N) is 7. The van der Waals surface area contributed by atoms with Crippen molar-refractivity contribution in [1.29, 1.82) is 0 Å². The average Bonchev–Trinajstić information content (AvgIpc) is 3.79. The number of hydrogen-bond acceptors (Lipinski definition) is 12. The maximum absolute atomic E-state index is 14.0. The van der Waals surface area contributed by atoms with Gasteiger partial charge in [0.25, 0.3) is 5.56 Å². The Morgan fingerprint density at radius 2 is 1.60 bits per heavy atom. The van der Waals surface area contributed by atoms with Crippen molar-refractivity contribution in [1.82, 2.24) is 46.0 Å². The van der Waals surface area contributed by atoms with E-state index < -0.39 is 108 Å². The Labute approximate surface area is 352 Å². The number of H-pyrrole nitrogens is 2. The van der Waals surface area contributed by atoms with Crippen LogP contribution < -0.4 is 43.6 Å². The number of carbonyl (C=O) groups excluding carboxylic acids is 5. The molecule has 22 nitrogen and oxygen atoms in total. The van der Waals surface area contributed by atoms with Crippen LogP contribution in [0.3, 0.4) is 0 Å². The molecule has 2 aromatic carbocycles. The van der Waals surface area contributed by atoms with Crippen LogP contribution in [0.25, 0.3) is 10.9 Å². The number of fused-ring (bicyclic) bond motifs is 1. The minimum absolute atomic E-state index is 0.0304. The second-order valence-corrected chi connectivity index (χ2v) is 14.5. The van der Waals surface area contributed by atoms with Crippen molar-refractivity contribution in [2.24, 2.45) is 5.73 Å². The van der Waals surface area contributed by atoms with E-state index in [0.717, 1.165) is 38.8 Å². The number of aromatic nitrogens is 3. The van der Waals surface area contributed by atoms with Gasteiger partial charge in [-0.15, -0.1) is 0 Å². The standard InChI is InChI=1S/C40H48N10O12/c1-20(44-39(60)46-27(38(58)59)16-23-18-42-25-12-8-7-11-24(23)25)34(55)48-31(21(2)49(3)36(57)26(45-30(52)17-41)15-22-9-5-4-6-10-22)35(56)43-19-28-32(53)33(54)37(62-28)50-14-13-29(51)47-40(50)61/h4-14,18-21,26-27,31-33,37,42,53-54H,15-17,41H2,1-3H3,(H,43,56)(H,45,52)(H,48,55)(H,58,59)(H2,44,46,60)(H,47,51,61)/b28-19-/t20-,21-,26-,27-,31-,32+,33+,37?/m0/s1. The predicted octanol–water partition coefficient (Wildman–Crippen LogP) is -2.37. The lowest BCUT2D eigenvalue weighted by Crippen LogP contribution is -2.62. The molecule has 0 saturated carbocycles. The van der Waals surface area contributed by atoms with Gasteiger partial charge in [-0.2, -0.15) is 0 Å². The molecule has 4 aromatic rings. The highest BCUT2D eigenvalue weighted by atomic mass is 16.6. The summed E-state index contributed by atoms with van der Waals surface area (Å²) in [7, 11) is 1.33. The monoisotopic (exact) mass is 860 g/mol. The van der Waals surface area contributed by atoms with E-state index in [2.05, 4.69) is 31.6 Å². The fourth-order valence-electron chi connectivity index (χ4n) is 6.64. The van der Waals surface area contributed by atoms with Crippen LogP contribution in [-0.2, 0) is 41.6 Å². The van der Waals surface area contributed by atoms with Gasteiger partial charge in [0.1, 0.15) is 42.1 Å². The first-order chi connectivity index (χ1) is 29.5. The number of nitrogens with two attached hydrogens (primary N) is 1. The minimum atomic E-state index is -1.79. The summed E-state index contributed by atoms with van der Waals surface area (Å²) in [6.07, 6.45) is -1.59. The van der Waals surface area contributed by atoms with Gasteiger partial charge in [-0.3, -0.25) is 33.5 Å². The van der Waals surface area contributed by atoms with Crippen LogP contribution in [0.15, 0.2) is 94.6 Å². The van der Waals surface area contributed by atoms with Crippen LogP contribution >= 0.6 is 0 Å². The number of urea groups is 1. The summed E-state index contributed by atoms with van der Waals surface area (Å²) in [6, 6.07) is 9.05. The molecule has 1 saturated heterocycles. The van der Waals surface area contributed by atoms with Gasteiger partial charge >= 0.3 is 17.7 Å². The number of nitrogens with zero attached hydrogens (tertiary/aromatic N) is 2. The molecule has 1 aliphatic rings. The van der Waals surface area contributed by atoms with Crippen molar-refractivity contribution in [2.75, 3.05) is 13.6 Å². The SMILES string of the molecule is C[C@H](NC(=O)N[C@@H](Cc1c[nH]c2ccccc12)C(=O)O)C(=O)N[C@H](C(=O)N/C=C1\OC(n2ccc(=O)[nH]c2=O)[C@H](O)[C@@H]1O)[C@H](C)N(C)C(=O)[C@H](Cc1ccccc1)NC(=O)CN. The van der Waals surface area contributed by atoms with Crippen molar-refractivity contribution in [3.05, 3.63) is 117 Å². The highest BCUT2D eigenvalue weighted by Crippen LogP contribution is 2.30. The van der Waals surface area contributed by atoms with Gasteiger partial charge in [-0.05, 0) is 31.0 Å². The lowest BCUT2D eigenvalue weighted by atomic mass is 10.0. The zero-order chi connectivity index (χ0) is 45.2. The van der Waals surface area contributed by atoms with E-state index in [0.29, 0.717) is 11.1 Å². The fourth-order valence-corrected chi connectivity index (χ4v) is 6.64. The number of carboxylic acid groups (broad SMARTS) is 1. The molecule has 5 rings (SSSR count). The molecule has 2 aromatic heterocycles. The molecule has 0 radical (unpaired) electrons. The van der Waals surface area contributed by atoms with Gasteiger partial charge in [0.15, 0.2) is 0 Å². The van der Waals surface area contributed by atoms with Crippen LogP contribution in [-0.4, -0.2) is 126 Å². The topological polar surface area (TPSA) is 332 Å². The molecule has 12 N–H and O–H groups in total. The Morgan fingerprint density at radius 1 is 0.903 bits per heavy atom. The highest BCUT2D eigenvalue weighted by Gasteiger charge is 2.42. The number of ether oxygens (including phenoxy) is 1. The molecule has 3 heterocycles. The molecule has 1 aliphatic heterocycles. The van der Waals surface area contributed by atoms with E-state index in [9.17, 15) is 53.7 Å². The molecule has 0 aliphatic carbocycles. The number of carbonyl (C=O) groups is 6. The van der Waals surface area contributed by atoms with Gasteiger partial charge in [0.05, 0.1) is 12.6 Å². The van der Waals surface area contributed by atoms with Crippen LogP contribution in [0, 0.1) is 0 Å². The van der Waals surface area contributed by atoms with E-state index >= 15 is 0 Å². The lowest BCUT2D eigenvalue weighted by molar-refractivity contribution is -0.140. The lowest BCUT2D eigenvalue weighted by Gasteiger charge is -2.34. The first kappa shape index (κ1) is 45.8. The molecule has 62 heavy (non-hydrogen) atoms. The first-order valence-electron chi connectivity index (χ1n) is 19.3. The van der Waals surface area contributed by atoms with Gasteiger partial charge in [-0.1, -0.05) is 48.5 Å². The van der Waals surface area contributed by atoms with Crippen LogP contribution in [0.5, 0.6) is 0 Å². The van der Waals surface area contributed by atoms with Crippen molar-refractivity contribution >= 4 is 46.5 Å². The molecular formula is C40H48N10O12. The number of hydrogen-bond donors (Lipinski definition) is 11. The van der Waals surface area contributed by atoms with Crippen molar-refractivity contribution < 1.29 is 48.8 Å². The van der Waals surface area contributed by atoms with Gasteiger partial charge in [0.2, 0.25) is 29.9 Å². The van der Waals surface area contributed by atoms with Crippen LogP contribution in [0.2, 0.25) is 0 Å². The number of para-hydroxylation sites is 1. The number of aliphatic carboxylic acids is 1. The van der Waals surface area contributed by atoms with Crippen molar-refractivity contribution in [2.45, 2.75) is 75.3 Å². The number of benzene rings is 2. The van der Waals surface area contributed by atoms with Crippen molar-refractivity contribution in [3.63, 3.8) is 0 Å². The normalized spacial score (nSPS) is 18.9. The molecule has 1 unspecified atom stereocenters. The number of aromatic amines is 2. The quantitative estimate of drug-likeness (QED) is 0.0530. The zero-order valence-corrected chi connectivity index (χ0v) is 33.7. The number of carboxylic acids is 1. The molecule has 0 bridgehead atoms. The number of aliphatic hydroxyl groups is 2. The molecule has 330 valence electrons. The van der Waals surface area contributed by atoms with Crippen LogP contribution in [0.1, 0.15) is 31.2 Å². The molecule has 1 fully saturated rings. The van der Waals surface area contributed by atoms with Gasteiger partial charge in [0, 0.05) is 55.5 Å². The molecule has 6 amide bonds. The Morgan fingerprint density at radius 3 is 2.27 bits per heavy atom. The number of aliphatic hydroxyl groups excluding tert-OH is 2. The van der Waals surface area contributed by atoms with Gasteiger partial charge in [-0.25, -0.2) is 14.4 Å². The Bertz CT molecular complexity index is 2430. The summed E-state index contributed by atoms with van der Waals surface area (Å²) in [4.78, 5) is 109. The summed E-state index contributed by atoms with van der Waals surface area (Å²) < 4.78 is 6.37. The smallest absolute Gasteiger partial charge is 0.331 e. The van der Waals surface area contributed by atoms with E-state index in [-0.39, 0.29) is 12.8 Å². The second kappa shape index (κ2) is 20.3. The summed E-state index contributed by atoms with van der Waals surface area (Å²) in [5, 5.41) is 44.2. The summed E-state index contributed by atoms with van der Waals surface area (Å²) in [5.74, 6) is -5.04. The Hall–Kier alpha value is -7.30. The highest BCUT2D eigenvalue weighted by molar-refractivity contribution is 5.94. The Balaban J connectivity index is 1.35. The summed E-state index contributed by atoms with van der Waals surface area (Å²) in [6.45, 7) is 2.25. The van der Waals surface area contributed by atoms with Crippen LogP contribution in [0.4, 0.5) is 4.79 Å². The average molecular weight is 861 g/mol. The van der Waals surface area contributed by atoms with E-state index in [1.54, 1.807) is 54.7 Å². The second-order valence-electron chi connectivity index (χ2n) is 14.5. The minimum Gasteiger partial charge on any atom is -0.480 e. The molecule has 0 spiro atoms. The summed E-state index contributed by atoms with van der Waals surface area (Å²) in [5.41, 5.74) is 5.91. The molecular weight excluding hydrogens is 812 g/mol. The van der Waals surface area contributed by atoms with E-state index in [1.807, 2.05) is 11.1 Å². The third-order valence-corrected chi connectivity index (χ3v) is 10.2. The maximum Gasteiger partial charge on any atom is 0.331 e. The van der Waals surface area contributed by atoms with E-state index in [1.165, 1.54) is 20.9 Å². The molecule has 22 heteroatoms. The third-order valence-electron chi connectivity index (χ3n) is 10.2. The van der Waals surface area contributed by atoms with Gasteiger partial charge < -0.3 is 62.3 Å². The zero-order valence-electron chi connectivity index (χ0n) is 33.7. The number of rotatable bonds is 17.